The molecule has 2 aromatic rings. The maximum Gasteiger partial charge on any atom is 0.310 e. The van der Waals surface area contributed by atoms with Crippen LogP contribution in [-0.4, -0.2) is 16.1 Å². The molecule has 0 amide bonds. The molecule has 3 nitrogen and oxygen atoms in total. The van der Waals surface area contributed by atoms with Crippen LogP contribution in [0.5, 0.6) is 0 Å². The number of rotatable bonds is 4. The van der Waals surface area contributed by atoms with E-state index in [2.05, 4.69) is 4.98 Å². The normalized spacial score (nSPS) is 10.6. The molecule has 0 bridgehead atoms. The fourth-order valence-electron chi connectivity index (χ4n) is 1.69. The van der Waals surface area contributed by atoms with Gasteiger partial charge in [-0.2, -0.15) is 0 Å². The highest BCUT2D eigenvalue weighted by Crippen LogP contribution is 2.22. The maximum absolute atomic E-state index is 13.1. The third-order valence-electron chi connectivity index (χ3n) is 2.49. The van der Waals surface area contributed by atoms with Gasteiger partial charge in [-0.1, -0.05) is 12.1 Å². The number of benzene rings is 1. The van der Waals surface area contributed by atoms with Gasteiger partial charge in [-0.05, 0) is 24.6 Å². The summed E-state index contributed by atoms with van der Waals surface area (Å²) in [6, 6.07) is 6.40. The highest BCUT2D eigenvalue weighted by atomic mass is 32.1. The molecule has 0 aliphatic carbocycles. The zero-order valence-corrected chi connectivity index (χ0v) is 10.6. The first-order valence-corrected chi connectivity index (χ1v) is 6.27. The number of aromatic nitrogens is 1. The van der Waals surface area contributed by atoms with Gasteiger partial charge in [0.15, 0.2) is 0 Å². The van der Waals surface area contributed by atoms with Gasteiger partial charge in [0, 0.05) is 11.3 Å². The number of aliphatic carboxylic acids is 1. The second kappa shape index (κ2) is 5.27. The number of halogens is 1. The van der Waals surface area contributed by atoms with Gasteiger partial charge in [-0.3, -0.25) is 4.79 Å². The van der Waals surface area contributed by atoms with E-state index in [4.69, 9.17) is 5.11 Å². The fraction of sp³-hybridized carbons (Fsp3) is 0.231. The van der Waals surface area contributed by atoms with E-state index in [1.807, 2.05) is 13.0 Å². The third kappa shape index (κ3) is 3.13. The number of nitrogens with zero attached hydrogens (tertiary/aromatic N) is 1. The molecule has 18 heavy (non-hydrogen) atoms. The summed E-state index contributed by atoms with van der Waals surface area (Å²) in [5.74, 6) is -1.15. The fourth-order valence-corrected chi connectivity index (χ4v) is 2.78. The van der Waals surface area contributed by atoms with E-state index in [0.717, 1.165) is 16.1 Å². The van der Waals surface area contributed by atoms with Crippen molar-refractivity contribution in [1.82, 2.24) is 4.98 Å². The van der Waals surface area contributed by atoms with Crippen LogP contribution in [0.15, 0.2) is 24.3 Å². The maximum atomic E-state index is 13.1. The Balaban J connectivity index is 2.19. The van der Waals surface area contributed by atoms with Crippen molar-refractivity contribution in [3.8, 4) is 0 Å². The van der Waals surface area contributed by atoms with Gasteiger partial charge in [0.25, 0.3) is 0 Å². The van der Waals surface area contributed by atoms with Crippen LogP contribution < -0.4 is 0 Å². The molecule has 0 radical (unpaired) electrons. The summed E-state index contributed by atoms with van der Waals surface area (Å²) in [6.45, 7) is 1.84. The van der Waals surface area contributed by atoms with Crippen molar-refractivity contribution in [3.63, 3.8) is 0 Å². The first kappa shape index (κ1) is 12.7. The minimum Gasteiger partial charge on any atom is -0.481 e. The molecular weight excluding hydrogens is 253 g/mol. The van der Waals surface area contributed by atoms with Crippen molar-refractivity contribution in [3.05, 3.63) is 51.2 Å². The van der Waals surface area contributed by atoms with Crippen molar-refractivity contribution in [2.75, 3.05) is 0 Å². The van der Waals surface area contributed by atoms with Gasteiger partial charge >= 0.3 is 5.97 Å². The molecule has 2 rings (SSSR count). The minimum absolute atomic E-state index is 0.0609. The first-order valence-electron chi connectivity index (χ1n) is 5.46. The average molecular weight is 265 g/mol. The van der Waals surface area contributed by atoms with Crippen molar-refractivity contribution >= 4 is 17.3 Å². The molecule has 94 valence electrons. The van der Waals surface area contributed by atoms with Crippen molar-refractivity contribution < 1.29 is 14.3 Å². The smallest absolute Gasteiger partial charge is 0.310 e. The molecule has 5 heteroatoms. The van der Waals surface area contributed by atoms with Gasteiger partial charge in [-0.15, -0.1) is 11.3 Å². The molecule has 0 saturated heterocycles. The molecule has 0 saturated carbocycles. The lowest BCUT2D eigenvalue weighted by molar-refractivity contribution is -0.136. The van der Waals surface area contributed by atoms with Gasteiger partial charge in [0.1, 0.15) is 10.8 Å². The van der Waals surface area contributed by atoms with Crippen LogP contribution in [0.25, 0.3) is 0 Å². The van der Waals surface area contributed by atoms with Gasteiger partial charge < -0.3 is 5.11 Å². The lowest BCUT2D eigenvalue weighted by Crippen LogP contribution is -1.98. The predicted molar refractivity (Wildman–Crippen MR) is 67.4 cm³/mol. The molecule has 0 unspecified atom stereocenters. The van der Waals surface area contributed by atoms with Crippen LogP contribution in [0.3, 0.4) is 0 Å². The Morgan fingerprint density at radius 1 is 1.50 bits per heavy atom. The number of aryl methyl sites for hydroxylation is 1. The summed E-state index contributed by atoms with van der Waals surface area (Å²) >= 11 is 1.37. The first-order chi connectivity index (χ1) is 8.54. The van der Waals surface area contributed by atoms with E-state index in [1.54, 1.807) is 6.07 Å². The highest BCUT2D eigenvalue weighted by Gasteiger charge is 2.11. The zero-order chi connectivity index (χ0) is 13.1. The standard InChI is InChI=1S/C13H12FNO2S/c1-8-11(18-12(15-8)7-13(16)17)6-9-3-2-4-10(14)5-9/h2-5H,6-7H2,1H3,(H,16,17). The van der Waals surface area contributed by atoms with Crippen LogP contribution in [-0.2, 0) is 17.6 Å². The summed E-state index contributed by atoms with van der Waals surface area (Å²) in [4.78, 5) is 15.8. The molecule has 1 N–H and O–H groups in total. The molecule has 1 aromatic heterocycles. The Bertz CT molecular complexity index is 580. The summed E-state index contributed by atoms with van der Waals surface area (Å²) in [5.41, 5.74) is 1.68. The quantitative estimate of drug-likeness (QED) is 0.924. The molecule has 1 aromatic carbocycles. The Morgan fingerprint density at radius 3 is 2.94 bits per heavy atom. The number of carbonyl (C=O) groups is 1. The molecule has 0 aliphatic heterocycles. The lowest BCUT2D eigenvalue weighted by atomic mass is 10.1. The Labute approximate surface area is 108 Å². The van der Waals surface area contributed by atoms with E-state index in [9.17, 15) is 9.18 Å². The number of hydrogen-bond acceptors (Lipinski definition) is 3. The summed E-state index contributed by atoms with van der Waals surface area (Å²) in [5, 5.41) is 9.30. The van der Waals surface area contributed by atoms with Crippen LogP contribution >= 0.6 is 11.3 Å². The van der Waals surface area contributed by atoms with Gasteiger partial charge in [0.2, 0.25) is 0 Å². The Kier molecular flexibility index (Phi) is 3.72. The number of carboxylic acid groups (broad SMARTS) is 1. The summed E-state index contributed by atoms with van der Waals surface area (Å²) < 4.78 is 13.1. The SMILES string of the molecule is Cc1nc(CC(=O)O)sc1Cc1cccc(F)c1. The average Bonchev–Trinajstić information content (AvgIpc) is 2.58. The second-order valence-corrected chi connectivity index (χ2v) is 5.16. The van der Waals surface area contributed by atoms with Crippen molar-refractivity contribution in [2.45, 2.75) is 19.8 Å². The van der Waals surface area contributed by atoms with Gasteiger partial charge in [0.05, 0.1) is 12.1 Å². The molecular formula is C13H12FNO2S. The van der Waals surface area contributed by atoms with Crippen LogP contribution in [0.1, 0.15) is 21.1 Å². The van der Waals surface area contributed by atoms with Crippen molar-refractivity contribution in [2.24, 2.45) is 0 Å². The van der Waals surface area contributed by atoms with Crippen LogP contribution in [0.2, 0.25) is 0 Å². The predicted octanol–water partition coefficient (Wildman–Crippen LogP) is 2.81. The highest BCUT2D eigenvalue weighted by molar-refractivity contribution is 7.11. The Morgan fingerprint density at radius 2 is 2.28 bits per heavy atom. The molecule has 0 aliphatic rings. The molecule has 0 atom stereocenters. The van der Waals surface area contributed by atoms with Crippen LogP contribution in [0.4, 0.5) is 4.39 Å². The number of thiazole rings is 1. The van der Waals surface area contributed by atoms with E-state index in [0.29, 0.717) is 11.4 Å². The number of hydrogen-bond donors (Lipinski definition) is 1. The van der Waals surface area contributed by atoms with E-state index in [-0.39, 0.29) is 12.2 Å². The molecule has 0 spiro atoms. The lowest BCUT2D eigenvalue weighted by Gasteiger charge is -1.99. The van der Waals surface area contributed by atoms with E-state index >= 15 is 0 Å². The van der Waals surface area contributed by atoms with E-state index in [1.165, 1.54) is 23.5 Å². The molecule has 0 fully saturated rings. The minimum atomic E-state index is -0.888. The van der Waals surface area contributed by atoms with Crippen molar-refractivity contribution in [1.29, 1.82) is 0 Å². The third-order valence-corrected chi connectivity index (χ3v) is 3.65. The van der Waals surface area contributed by atoms with E-state index < -0.39 is 5.97 Å². The zero-order valence-electron chi connectivity index (χ0n) is 9.81. The largest absolute Gasteiger partial charge is 0.481 e. The summed E-state index contributed by atoms with van der Waals surface area (Å²) in [7, 11) is 0. The number of carboxylic acids is 1. The summed E-state index contributed by atoms with van der Waals surface area (Å²) in [6.07, 6.45) is 0.523. The van der Waals surface area contributed by atoms with Crippen LogP contribution in [0, 0.1) is 12.7 Å². The monoisotopic (exact) mass is 265 g/mol. The molecule has 1 heterocycles. The van der Waals surface area contributed by atoms with Gasteiger partial charge in [-0.25, -0.2) is 9.37 Å². The Hall–Kier alpha value is -1.75. The second-order valence-electron chi connectivity index (χ2n) is 3.99. The topological polar surface area (TPSA) is 50.2 Å².